The van der Waals surface area contributed by atoms with Gasteiger partial charge in [0, 0.05) is 13.1 Å². The number of piperidine rings is 1. The van der Waals surface area contributed by atoms with Crippen LogP contribution in [0.4, 0.5) is 0 Å². The van der Waals surface area contributed by atoms with Gasteiger partial charge in [-0.25, -0.2) is 0 Å². The van der Waals surface area contributed by atoms with Crippen molar-refractivity contribution < 1.29 is 14.3 Å². The van der Waals surface area contributed by atoms with Crippen molar-refractivity contribution in [3.63, 3.8) is 0 Å². The third-order valence-corrected chi connectivity index (χ3v) is 2.95. The first-order chi connectivity index (χ1) is 7.08. The minimum Gasteiger partial charge on any atom is -0.347 e. The van der Waals surface area contributed by atoms with Crippen LogP contribution in [0, 0.1) is 0 Å². The molecule has 2 aliphatic heterocycles. The molecule has 1 amide bonds. The molecular weight excluding hydrogens is 194 g/mol. The minimum absolute atomic E-state index is 0.0975. The highest BCUT2D eigenvalue weighted by Crippen LogP contribution is 2.24. The summed E-state index contributed by atoms with van der Waals surface area (Å²) in [5, 5.41) is 0. The van der Waals surface area contributed by atoms with E-state index in [2.05, 4.69) is 0 Å². The fourth-order valence-electron chi connectivity index (χ4n) is 2.13. The van der Waals surface area contributed by atoms with E-state index in [1.807, 2.05) is 18.7 Å². The molecule has 0 aromatic carbocycles. The highest BCUT2D eigenvalue weighted by molar-refractivity contribution is 5.81. The molecule has 4 nitrogen and oxygen atoms in total. The molecule has 1 atom stereocenters. The van der Waals surface area contributed by atoms with Crippen LogP contribution in [0.3, 0.4) is 0 Å². The van der Waals surface area contributed by atoms with E-state index < -0.39 is 11.9 Å². The van der Waals surface area contributed by atoms with Gasteiger partial charge in [0.15, 0.2) is 11.9 Å². The van der Waals surface area contributed by atoms with Crippen LogP contribution in [0.2, 0.25) is 0 Å². The Hall–Kier alpha value is -0.610. The molecule has 4 heteroatoms. The van der Waals surface area contributed by atoms with Gasteiger partial charge < -0.3 is 14.4 Å². The van der Waals surface area contributed by atoms with Crippen molar-refractivity contribution in [2.24, 2.45) is 0 Å². The summed E-state index contributed by atoms with van der Waals surface area (Å²) in [6, 6.07) is 0. The lowest BCUT2D eigenvalue weighted by Gasteiger charge is -2.28. The lowest BCUT2D eigenvalue weighted by Crippen LogP contribution is -2.43. The van der Waals surface area contributed by atoms with Gasteiger partial charge in [0.2, 0.25) is 0 Å². The summed E-state index contributed by atoms with van der Waals surface area (Å²) in [6.45, 7) is 5.83. The van der Waals surface area contributed by atoms with Crippen LogP contribution < -0.4 is 0 Å². The van der Waals surface area contributed by atoms with Crippen LogP contribution >= 0.6 is 0 Å². The van der Waals surface area contributed by atoms with Crippen molar-refractivity contribution in [3.8, 4) is 0 Å². The molecule has 0 spiro atoms. The average Bonchev–Trinajstić information content (AvgIpc) is 2.59. The van der Waals surface area contributed by atoms with Gasteiger partial charge in [-0.3, -0.25) is 4.79 Å². The summed E-state index contributed by atoms with van der Waals surface area (Å²) < 4.78 is 10.9. The molecule has 1 unspecified atom stereocenters. The maximum absolute atomic E-state index is 12.0. The van der Waals surface area contributed by atoms with E-state index in [1.165, 1.54) is 6.42 Å². The first-order valence-corrected chi connectivity index (χ1v) is 5.69. The molecule has 0 radical (unpaired) electrons. The zero-order valence-corrected chi connectivity index (χ0v) is 9.49. The topological polar surface area (TPSA) is 38.8 Å². The van der Waals surface area contributed by atoms with E-state index in [1.54, 1.807) is 0 Å². The number of hydrogen-bond donors (Lipinski definition) is 0. The summed E-state index contributed by atoms with van der Waals surface area (Å²) >= 11 is 0. The Morgan fingerprint density at radius 3 is 2.47 bits per heavy atom. The summed E-state index contributed by atoms with van der Waals surface area (Å²) in [5.74, 6) is -0.504. The smallest absolute Gasteiger partial charge is 0.254 e. The molecule has 0 aliphatic carbocycles. The van der Waals surface area contributed by atoms with E-state index in [9.17, 15) is 4.79 Å². The predicted molar refractivity (Wildman–Crippen MR) is 55.3 cm³/mol. The molecule has 2 rings (SSSR count). The van der Waals surface area contributed by atoms with Crippen LogP contribution in [0.25, 0.3) is 0 Å². The Bertz CT molecular complexity index is 246. The maximum Gasteiger partial charge on any atom is 0.254 e. The summed E-state index contributed by atoms with van der Waals surface area (Å²) in [4.78, 5) is 13.9. The number of nitrogens with zero attached hydrogens (tertiary/aromatic N) is 1. The van der Waals surface area contributed by atoms with Gasteiger partial charge in [-0.15, -0.1) is 0 Å². The van der Waals surface area contributed by atoms with Gasteiger partial charge in [0.05, 0.1) is 6.61 Å². The Kier molecular flexibility index (Phi) is 2.98. The van der Waals surface area contributed by atoms with Crippen molar-refractivity contribution in [1.82, 2.24) is 4.90 Å². The molecule has 86 valence electrons. The standard InChI is InChI=1S/C11H19NO3/c1-11(2)14-8-9(15-11)10(13)12-6-4-3-5-7-12/h9H,3-8H2,1-2H3. The van der Waals surface area contributed by atoms with Gasteiger partial charge >= 0.3 is 0 Å². The van der Waals surface area contributed by atoms with Gasteiger partial charge in [0.25, 0.3) is 5.91 Å². The second-order valence-corrected chi connectivity index (χ2v) is 4.70. The molecule has 0 aromatic rings. The second kappa shape index (κ2) is 4.10. The zero-order chi connectivity index (χ0) is 10.9. The van der Waals surface area contributed by atoms with E-state index in [-0.39, 0.29) is 5.91 Å². The van der Waals surface area contributed by atoms with Crippen molar-refractivity contribution in [1.29, 1.82) is 0 Å². The molecule has 0 aromatic heterocycles. The summed E-state index contributed by atoms with van der Waals surface area (Å²) in [5.41, 5.74) is 0. The molecule has 0 bridgehead atoms. The van der Waals surface area contributed by atoms with Crippen LogP contribution in [-0.2, 0) is 14.3 Å². The first kappa shape index (κ1) is 10.9. The van der Waals surface area contributed by atoms with E-state index in [0.717, 1.165) is 25.9 Å². The van der Waals surface area contributed by atoms with Crippen molar-refractivity contribution >= 4 is 5.91 Å². The van der Waals surface area contributed by atoms with Crippen LogP contribution in [0.1, 0.15) is 33.1 Å². The van der Waals surface area contributed by atoms with Crippen molar-refractivity contribution in [2.75, 3.05) is 19.7 Å². The largest absolute Gasteiger partial charge is 0.347 e. The predicted octanol–water partition coefficient (Wildman–Crippen LogP) is 1.15. The van der Waals surface area contributed by atoms with Crippen molar-refractivity contribution in [3.05, 3.63) is 0 Å². The fraction of sp³-hybridized carbons (Fsp3) is 0.909. The third-order valence-electron chi connectivity index (χ3n) is 2.95. The number of carbonyl (C=O) groups is 1. The quantitative estimate of drug-likeness (QED) is 0.656. The molecule has 15 heavy (non-hydrogen) atoms. The molecule has 2 aliphatic rings. The molecule has 2 fully saturated rings. The SMILES string of the molecule is CC1(C)OCC(C(=O)N2CCCCC2)O1. The van der Waals surface area contributed by atoms with Gasteiger partial charge in [0.1, 0.15) is 0 Å². The fourth-order valence-corrected chi connectivity index (χ4v) is 2.13. The number of likely N-dealkylation sites (tertiary alicyclic amines) is 1. The average molecular weight is 213 g/mol. The molecular formula is C11H19NO3. The molecule has 0 N–H and O–H groups in total. The maximum atomic E-state index is 12.0. The lowest BCUT2D eigenvalue weighted by molar-refractivity contribution is -0.160. The van der Waals surface area contributed by atoms with Gasteiger partial charge in [-0.2, -0.15) is 0 Å². The summed E-state index contributed by atoms with van der Waals surface area (Å²) in [7, 11) is 0. The minimum atomic E-state index is -0.601. The Morgan fingerprint density at radius 1 is 1.27 bits per heavy atom. The third kappa shape index (κ3) is 2.49. The normalized spacial score (nSPS) is 30.5. The molecule has 0 saturated carbocycles. The van der Waals surface area contributed by atoms with Gasteiger partial charge in [-0.1, -0.05) is 0 Å². The van der Waals surface area contributed by atoms with E-state index in [0.29, 0.717) is 6.61 Å². The zero-order valence-electron chi connectivity index (χ0n) is 9.49. The van der Waals surface area contributed by atoms with E-state index >= 15 is 0 Å². The number of hydrogen-bond acceptors (Lipinski definition) is 3. The molecule has 2 saturated heterocycles. The van der Waals surface area contributed by atoms with Crippen LogP contribution in [-0.4, -0.2) is 42.4 Å². The van der Waals surface area contributed by atoms with Crippen LogP contribution in [0.15, 0.2) is 0 Å². The molecule has 2 heterocycles. The van der Waals surface area contributed by atoms with E-state index in [4.69, 9.17) is 9.47 Å². The second-order valence-electron chi connectivity index (χ2n) is 4.70. The van der Waals surface area contributed by atoms with Gasteiger partial charge in [-0.05, 0) is 33.1 Å². The van der Waals surface area contributed by atoms with Crippen LogP contribution in [0.5, 0.6) is 0 Å². The highest BCUT2D eigenvalue weighted by atomic mass is 16.7. The Balaban J connectivity index is 1.90. The number of carbonyl (C=O) groups excluding carboxylic acids is 1. The first-order valence-electron chi connectivity index (χ1n) is 5.69. The monoisotopic (exact) mass is 213 g/mol. The Morgan fingerprint density at radius 2 is 1.93 bits per heavy atom. The number of amides is 1. The number of ether oxygens (including phenoxy) is 2. The van der Waals surface area contributed by atoms with Crippen molar-refractivity contribution in [2.45, 2.75) is 45.0 Å². The summed E-state index contributed by atoms with van der Waals surface area (Å²) in [6.07, 6.45) is 3.07. The Labute approximate surface area is 90.5 Å². The number of rotatable bonds is 1. The lowest BCUT2D eigenvalue weighted by atomic mass is 10.1. The highest BCUT2D eigenvalue weighted by Gasteiger charge is 2.38.